The van der Waals surface area contributed by atoms with Crippen LogP contribution in [0.5, 0.6) is 0 Å². The molecule has 0 radical (unpaired) electrons. The predicted octanol–water partition coefficient (Wildman–Crippen LogP) is 5.48. The molecule has 5 aromatic rings. The summed E-state index contributed by atoms with van der Waals surface area (Å²) in [5.74, 6) is -3.01. The number of benzene rings is 2. The summed E-state index contributed by atoms with van der Waals surface area (Å²) in [6.45, 7) is 4.79. The summed E-state index contributed by atoms with van der Waals surface area (Å²) in [5.41, 5.74) is 5.87. The van der Waals surface area contributed by atoms with Gasteiger partial charge in [0.2, 0.25) is 10.0 Å². The minimum absolute atomic E-state index is 0.166. The van der Waals surface area contributed by atoms with Crippen molar-refractivity contribution in [3.63, 3.8) is 0 Å². The van der Waals surface area contributed by atoms with Crippen molar-refractivity contribution in [2.75, 3.05) is 36.8 Å². The van der Waals surface area contributed by atoms with Gasteiger partial charge >= 0.3 is 5.97 Å². The molecule has 0 unspecified atom stereocenters. The first-order chi connectivity index (χ1) is 21.1. The summed E-state index contributed by atoms with van der Waals surface area (Å²) in [7, 11) is -3.88. The maximum Gasteiger partial charge on any atom is 0.320 e. The van der Waals surface area contributed by atoms with Gasteiger partial charge in [-0.2, -0.15) is 4.31 Å². The Bertz CT molecular complexity index is 1980. The second-order valence-corrected chi connectivity index (χ2v) is 13.4. The lowest BCUT2D eigenvalue weighted by molar-refractivity contribution is -0.134. The van der Waals surface area contributed by atoms with Crippen LogP contribution in [0.1, 0.15) is 18.2 Å². The lowest BCUT2D eigenvalue weighted by Gasteiger charge is -2.35. The molecular weight excluding hydrogens is 609 g/mol. The van der Waals surface area contributed by atoms with Crippen LogP contribution in [-0.4, -0.2) is 70.1 Å². The Hall–Kier alpha value is -4.20. The van der Waals surface area contributed by atoms with Gasteiger partial charge in [-0.15, -0.1) is 11.3 Å². The van der Waals surface area contributed by atoms with Crippen molar-refractivity contribution in [1.29, 1.82) is 0 Å². The first-order valence-corrected chi connectivity index (χ1v) is 16.5. The fraction of sp³-hybridized carbons (Fsp3) is 0.258. The van der Waals surface area contributed by atoms with E-state index >= 15 is 4.39 Å². The quantitative estimate of drug-likeness (QED) is 0.240. The number of nitrogens with zero attached hydrogens (tertiary/aromatic N) is 5. The van der Waals surface area contributed by atoms with Crippen molar-refractivity contribution in [2.24, 2.45) is 0 Å². The Morgan fingerprint density at radius 2 is 1.68 bits per heavy atom. The van der Waals surface area contributed by atoms with Crippen LogP contribution in [0, 0.1) is 18.6 Å². The number of imidazole rings is 1. The molecule has 1 N–H and O–H groups in total. The molecule has 3 aromatic heterocycles. The molecule has 1 fully saturated rings. The highest BCUT2D eigenvalue weighted by atomic mass is 32.2. The minimum Gasteiger partial charge on any atom is -0.480 e. The SMILES string of the molecule is CCc1nc2ccc(N3CCN(S(=O)(=O)CC(=O)O)CC3)cn2c1-c1ccc(-c2nc(-c3ccc(F)cc3)cs2)c(C)c1F. The topological polar surface area (TPSA) is 108 Å². The standard InChI is InChI=1S/C31H29F2N5O4S2/c1-3-25-30(24-10-9-23(19(2)29(24)33)31-35-26(17-43-31)20-4-6-21(32)7-5-20)38-16-22(8-11-27(38)34-25)36-12-14-37(15-13-36)44(41,42)18-28(39)40/h4-11,16-17H,3,12-15,18H2,1-2H3,(H,39,40). The van der Waals surface area contributed by atoms with Gasteiger partial charge < -0.3 is 10.0 Å². The Morgan fingerprint density at radius 3 is 2.36 bits per heavy atom. The normalized spacial score (nSPS) is 14.4. The molecule has 0 amide bonds. The number of piperazine rings is 1. The molecule has 0 atom stereocenters. The van der Waals surface area contributed by atoms with Crippen LogP contribution in [0.3, 0.4) is 0 Å². The fourth-order valence-electron chi connectivity index (χ4n) is 5.52. The van der Waals surface area contributed by atoms with Crippen LogP contribution in [0.25, 0.3) is 38.7 Å². The zero-order chi connectivity index (χ0) is 31.2. The number of rotatable bonds is 8. The summed E-state index contributed by atoms with van der Waals surface area (Å²) in [6, 6.07) is 13.5. The molecule has 6 rings (SSSR count). The molecule has 2 aromatic carbocycles. The van der Waals surface area contributed by atoms with Gasteiger partial charge in [-0.1, -0.05) is 13.0 Å². The Balaban J connectivity index is 1.31. The van der Waals surface area contributed by atoms with E-state index in [0.29, 0.717) is 58.2 Å². The summed E-state index contributed by atoms with van der Waals surface area (Å²) in [5, 5.41) is 11.5. The third-order valence-corrected chi connectivity index (χ3v) is 10.5. The van der Waals surface area contributed by atoms with Crippen LogP contribution in [0.2, 0.25) is 0 Å². The van der Waals surface area contributed by atoms with Crippen LogP contribution >= 0.6 is 11.3 Å². The molecule has 4 heterocycles. The van der Waals surface area contributed by atoms with Gasteiger partial charge in [-0.25, -0.2) is 27.2 Å². The summed E-state index contributed by atoms with van der Waals surface area (Å²) >= 11 is 1.40. The minimum atomic E-state index is -3.88. The Kier molecular flexibility index (Phi) is 7.95. The predicted molar refractivity (Wildman–Crippen MR) is 166 cm³/mol. The molecule has 1 aliphatic heterocycles. The number of sulfonamides is 1. The number of aromatic nitrogens is 3. The number of carboxylic acids is 1. The molecule has 1 aliphatic rings. The van der Waals surface area contributed by atoms with Crippen molar-refractivity contribution in [3.05, 3.63) is 83.0 Å². The highest BCUT2D eigenvalue weighted by Crippen LogP contribution is 2.37. The fourth-order valence-corrected chi connectivity index (χ4v) is 7.65. The highest BCUT2D eigenvalue weighted by Gasteiger charge is 2.29. The van der Waals surface area contributed by atoms with Gasteiger partial charge in [0.15, 0.2) is 5.75 Å². The second kappa shape index (κ2) is 11.7. The molecule has 0 saturated carbocycles. The summed E-state index contributed by atoms with van der Waals surface area (Å²) in [6.07, 6.45) is 2.47. The molecule has 0 spiro atoms. The van der Waals surface area contributed by atoms with E-state index < -0.39 is 21.7 Å². The Labute approximate surface area is 257 Å². The van der Waals surface area contributed by atoms with Crippen molar-refractivity contribution < 1.29 is 27.1 Å². The number of pyridine rings is 1. The van der Waals surface area contributed by atoms with Crippen molar-refractivity contribution in [3.8, 4) is 33.1 Å². The molecule has 44 heavy (non-hydrogen) atoms. The lowest BCUT2D eigenvalue weighted by Crippen LogP contribution is -2.50. The molecule has 1 saturated heterocycles. The van der Waals surface area contributed by atoms with E-state index in [9.17, 15) is 17.6 Å². The van der Waals surface area contributed by atoms with Gasteiger partial charge in [0.25, 0.3) is 0 Å². The molecule has 9 nitrogen and oxygen atoms in total. The smallest absolute Gasteiger partial charge is 0.320 e. The van der Waals surface area contributed by atoms with Crippen LogP contribution < -0.4 is 4.90 Å². The van der Waals surface area contributed by atoms with E-state index in [-0.39, 0.29) is 24.7 Å². The van der Waals surface area contributed by atoms with Gasteiger partial charge in [0, 0.05) is 54.4 Å². The van der Waals surface area contributed by atoms with Crippen molar-refractivity contribution >= 4 is 38.7 Å². The van der Waals surface area contributed by atoms with Crippen LogP contribution in [0.15, 0.2) is 60.1 Å². The molecule has 228 valence electrons. The second-order valence-electron chi connectivity index (χ2n) is 10.6. The summed E-state index contributed by atoms with van der Waals surface area (Å²) < 4.78 is 57.4. The van der Waals surface area contributed by atoms with Crippen molar-refractivity contribution in [1.82, 2.24) is 18.7 Å². The first kappa shape index (κ1) is 29.9. The van der Waals surface area contributed by atoms with E-state index in [1.807, 2.05) is 46.0 Å². The number of hydrogen-bond acceptors (Lipinski definition) is 7. The van der Waals surface area contributed by atoms with E-state index in [2.05, 4.69) is 0 Å². The van der Waals surface area contributed by atoms with Crippen molar-refractivity contribution in [2.45, 2.75) is 20.3 Å². The van der Waals surface area contributed by atoms with Crippen LogP contribution in [-0.2, 0) is 21.2 Å². The number of fused-ring (bicyclic) bond motifs is 1. The molecular formula is C31H29F2N5O4S2. The monoisotopic (exact) mass is 637 g/mol. The van der Waals surface area contributed by atoms with E-state index in [1.165, 1.54) is 27.8 Å². The number of aryl methyl sites for hydroxylation is 1. The van der Waals surface area contributed by atoms with Gasteiger partial charge in [-0.05, 0) is 61.4 Å². The zero-order valence-electron chi connectivity index (χ0n) is 24.0. The van der Waals surface area contributed by atoms with Gasteiger partial charge in [-0.3, -0.25) is 9.20 Å². The molecule has 0 bridgehead atoms. The first-order valence-electron chi connectivity index (χ1n) is 14.0. The zero-order valence-corrected chi connectivity index (χ0v) is 25.6. The lowest BCUT2D eigenvalue weighted by atomic mass is 10.0. The number of hydrogen-bond donors (Lipinski definition) is 1. The maximum atomic E-state index is 16.2. The number of carboxylic acid groups (broad SMARTS) is 1. The van der Waals surface area contributed by atoms with E-state index in [0.717, 1.165) is 16.9 Å². The molecule has 0 aliphatic carbocycles. The molecule has 13 heteroatoms. The average molecular weight is 638 g/mol. The largest absolute Gasteiger partial charge is 0.480 e. The number of aliphatic carboxylic acids is 1. The van der Waals surface area contributed by atoms with Crippen LogP contribution in [0.4, 0.5) is 14.5 Å². The maximum absolute atomic E-state index is 16.2. The third-order valence-electron chi connectivity index (χ3n) is 7.83. The number of anilines is 1. The average Bonchev–Trinajstić information content (AvgIpc) is 3.63. The van der Waals surface area contributed by atoms with Gasteiger partial charge in [0.05, 0.1) is 22.8 Å². The third kappa shape index (κ3) is 5.58. The summed E-state index contributed by atoms with van der Waals surface area (Å²) in [4.78, 5) is 22.5. The van der Waals surface area contributed by atoms with Gasteiger partial charge in [0.1, 0.15) is 22.3 Å². The number of thiazole rings is 1. The van der Waals surface area contributed by atoms with E-state index in [4.69, 9.17) is 15.1 Å². The van der Waals surface area contributed by atoms with E-state index in [1.54, 1.807) is 25.1 Å². The highest BCUT2D eigenvalue weighted by molar-refractivity contribution is 7.89. The Morgan fingerprint density at radius 1 is 0.977 bits per heavy atom. The number of halogens is 2. The number of carbonyl (C=O) groups is 1.